The number of primary amides is 1. The predicted octanol–water partition coefficient (Wildman–Crippen LogP) is 4.39. The number of nitrogens with one attached hydrogen (secondary N) is 1. The maximum atomic E-state index is 11.2. The first-order chi connectivity index (χ1) is 13.2. The SMILES string of the molecule is NC(=O)c1ccc(-c2cccc(OCCNCC3CCCCCC3)c2)cc1. The summed E-state index contributed by atoms with van der Waals surface area (Å²) in [5.41, 5.74) is 7.92. The number of hydrogen-bond acceptors (Lipinski definition) is 3. The molecule has 0 bridgehead atoms. The molecule has 144 valence electrons. The predicted molar refractivity (Wildman–Crippen MR) is 110 cm³/mol. The van der Waals surface area contributed by atoms with Crippen LogP contribution >= 0.6 is 0 Å². The van der Waals surface area contributed by atoms with Gasteiger partial charge in [-0.15, -0.1) is 0 Å². The molecule has 0 atom stereocenters. The first-order valence-electron chi connectivity index (χ1n) is 10.1. The molecule has 0 spiro atoms. The van der Waals surface area contributed by atoms with Gasteiger partial charge in [-0.05, 0) is 60.7 Å². The fourth-order valence-electron chi connectivity index (χ4n) is 3.71. The van der Waals surface area contributed by atoms with Crippen LogP contribution in [0.25, 0.3) is 11.1 Å². The lowest BCUT2D eigenvalue weighted by Gasteiger charge is -2.15. The summed E-state index contributed by atoms with van der Waals surface area (Å²) in [7, 11) is 0. The molecule has 1 aliphatic rings. The van der Waals surface area contributed by atoms with E-state index >= 15 is 0 Å². The van der Waals surface area contributed by atoms with E-state index in [2.05, 4.69) is 5.32 Å². The van der Waals surface area contributed by atoms with Crippen molar-refractivity contribution in [1.82, 2.24) is 5.32 Å². The lowest BCUT2D eigenvalue weighted by Crippen LogP contribution is -2.27. The topological polar surface area (TPSA) is 64.4 Å². The summed E-state index contributed by atoms with van der Waals surface area (Å²) in [6.07, 6.45) is 8.31. The maximum Gasteiger partial charge on any atom is 0.248 e. The molecular formula is C23H30N2O2. The number of carbonyl (C=O) groups is 1. The van der Waals surface area contributed by atoms with Crippen LogP contribution in [-0.2, 0) is 0 Å². The smallest absolute Gasteiger partial charge is 0.248 e. The summed E-state index contributed by atoms with van der Waals surface area (Å²) in [6.45, 7) is 2.64. The third-order valence-corrected chi connectivity index (χ3v) is 5.29. The van der Waals surface area contributed by atoms with Gasteiger partial charge in [0.2, 0.25) is 5.91 Å². The molecule has 1 amide bonds. The number of carbonyl (C=O) groups excluding carboxylic acids is 1. The Hall–Kier alpha value is -2.33. The second-order valence-electron chi connectivity index (χ2n) is 7.38. The Morgan fingerprint density at radius 1 is 1.00 bits per heavy atom. The van der Waals surface area contributed by atoms with Crippen molar-refractivity contribution in [2.45, 2.75) is 38.5 Å². The van der Waals surface area contributed by atoms with Crippen LogP contribution in [0, 0.1) is 5.92 Å². The molecule has 0 saturated heterocycles. The molecule has 27 heavy (non-hydrogen) atoms. The molecular weight excluding hydrogens is 336 g/mol. The Morgan fingerprint density at radius 3 is 2.44 bits per heavy atom. The monoisotopic (exact) mass is 366 g/mol. The van der Waals surface area contributed by atoms with Crippen LogP contribution < -0.4 is 15.8 Å². The van der Waals surface area contributed by atoms with Gasteiger partial charge in [0.25, 0.3) is 0 Å². The summed E-state index contributed by atoms with van der Waals surface area (Å²) in [5.74, 6) is 1.29. The van der Waals surface area contributed by atoms with Crippen molar-refractivity contribution in [3.05, 3.63) is 54.1 Å². The van der Waals surface area contributed by atoms with E-state index in [-0.39, 0.29) is 0 Å². The number of amides is 1. The molecule has 3 N–H and O–H groups in total. The molecule has 0 aliphatic heterocycles. The van der Waals surface area contributed by atoms with E-state index in [0.717, 1.165) is 35.9 Å². The molecule has 1 saturated carbocycles. The second-order valence-corrected chi connectivity index (χ2v) is 7.38. The van der Waals surface area contributed by atoms with Crippen LogP contribution in [0.5, 0.6) is 5.75 Å². The molecule has 4 nitrogen and oxygen atoms in total. The normalized spacial score (nSPS) is 15.3. The first kappa shape index (κ1) is 19.4. The van der Waals surface area contributed by atoms with Crippen molar-refractivity contribution in [2.24, 2.45) is 11.7 Å². The van der Waals surface area contributed by atoms with E-state index in [1.807, 2.05) is 36.4 Å². The van der Waals surface area contributed by atoms with Crippen molar-refractivity contribution in [2.75, 3.05) is 19.7 Å². The highest BCUT2D eigenvalue weighted by atomic mass is 16.5. The van der Waals surface area contributed by atoms with E-state index < -0.39 is 5.91 Å². The van der Waals surface area contributed by atoms with Crippen LogP contribution in [0.1, 0.15) is 48.9 Å². The summed E-state index contributed by atoms with van der Waals surface area (Å²) in [4.78, 5) is 11.2. The number of ether oxygens (including phenoxy) is 1. The largest absolute Gasteiger partial charge is 0.492 e. The van der Waals surface area contributed by atoms with E-state index in [4.69, 9.17) is 10.5 Å². The van der Waals surface area contributed by atoms with Crippen LogP contribution in [0.3, 0.4) is 0 Å². The Balaban J connectivity index is 1.45. The highest BCUT2D eigenvalue weighted by Gasteiger charge is 2.11. The van der Waals surface area contributed by atoms with Crippen molar-refractivity contribution in [1.29, 1.82) is 0 Å². The summed E-state index contributed by atoms with van der Waals surface area (Å²) < 4.78 is 5.91. The minimum Gasteiger partial charge on any atom is -0.492 e. The van der Waals surface area contributed by atoms with Crippen LogP contribution in [0.4, 0.5) is 0 Å². The van der Waals surface area contributed by atoms with Gasteiger partial charge in [0.1, 0.15) is 12.4 Å². The molecule has 0 radical (unpaired) electrons. The quantitative estimate of drug-likeness (QED) is 0.538. The Bertz CT molecular complexity index is 719. The van der Waals surface area contributed by atoms with Gasteiger partial charge in [-0.1, -0.05) is 49.9 Å². The average molecular weight is 367 g/mol. The zero-order valence-corrected chi connectivity index (χ0v) is 16.0. The van der Waals surface area contributed by atoms with E-state index in [9.17, 15) is 4.79 Å². The van der Waals surface area contributed by atoms with Crippen molar-refractivity contribution >= 4 is 5.91 Å². The maximum absolute atomic E-state index is 11.2. The van der Waals surface area contributed by atoms with Gasteiger partial charge in [-0.2, -0.15) is 0 Å². The van der Waals surface area contributed by atoms with Gasteiger partial charge >= 0.3 is 0 Å². The highest BCUT2D eigenvalue weighted by Crippen LogP contribution is 2.24. The Kier molecular flexibility index (Phi) is 7.28. The van der Waals surface area contributed by atoms with Crippen molar-refractivity contribution in [3.63, 3.8) is 0 Å². The lowest BCUT2D eigenvalue weighted by molar-refractivity contribution is 0.100. The van der Waals surface area contributed by atoms with E-state index in [1.165, 1.54) is 38.5 Å². The zero-order valence-electron chi connectivity index (χ0n) is 16.0. The molecule has 2 aromatic rings. The minimum atomic E-state index is -0.407. The standard InChI is InChI=1S/C23H30N2O2/c24-23(26)20-12-10-19(11-13-20)21-8-5-9-22(16-21)27-15-14-25-17-18-6-3-1-2-4-7-18/h5,8-13,16,18,25H,1-4,6-7,14-15,17H2,(H2,24,26). The van der Waals surface area contributed by atoms with E-state index in [0.29, 0.717) is 12.2 Å². The molecule has 1 fully saturated rings. The Morgan fingerprint density at radius 2 is 1.74 bits per heavy atom. The molecule has 3 rings (SSSR count). The second kappa shape index (κ2) is 10.1. The molecule has 0 heterocycles. The molecule has 1 aliphatic carbocycles. The van der Waals surface area contributed by atoms with Crippen LogP contribution in [-0.4, -0.2) is 25.6 Å². The summed E-state index contributed by atoms with van der Waals surface area (Å²) in [5, 5.41) is 3.55. The lowest BCUT2D eigenvalue weighted by atomic mass is 10.0. The third-order valence-electron chi connectivity index (χ3n) is 5.29. The molecule has 4 heteroatoms. The van der Waals surface area contributed by atoms with Crippen molar-refractivity contribution in [3.8, 4) is 16.9 Å². The molecule has 0 unspecified atom stereocenters. The van der Waals surface area contributed by atoms with Gasteiger partial charge in [0, 0.05) is 12.1 Å². The highest BCUT2D eigenvalue weighted by molar-refractivity contribution is 5.93. The van der Waals surface area contributed by atoms with Gasteiger partial charge in [-0.25, -0.2) is 0 Å². The minimum absolute atomic E-state index is 0.407. The zero-order chi connectivity index (χ0) is 18.9. The van der Waals surface area contributed by atoms with E-state index in [1.54, 1.807) is 12.1 Å². The average Bonchev–Trinajstić information content (AvgIpc) is 2.97. The number of benzene rings is 2. The van der Waals surface area contributed by atoms with Crippen LogP contribution in [0.2, 0.25) is 0 Å². The fraction of sp³-hybridized carbons (Fsp3) is 0.435. The molecule has 0 aromatic heterocycles. The fourth-order valence-corrected chi connectivity index (χ4v) is 3.71. The van der Waals surface area contributed by atoms with Crippen LogP contribution in [0.15, 0.2) is 48.5 Å². The first-order valence-corrected chi connectivity index (χ1v) is 10.1. The summed E-state index contributed by atoms with van der Waals surface area (Å²) >= 11 is 0. The van der Waals surface area contributed by atoms with Gasteiger partial charge < -0.3 is 15.8 Å². The van der Waals surface area contributed by atoms with Gasteiger partial charge in [0.05, 0.1) is 0 Å². The summed E-state index contributed by atoms with van der Waals surface area (Å²) in [6, 6.07) is 15.4. The molecule has 2 aromatic carbocycles. The Labute approximate surface area is 162 Å². The van der Waals surface area contributed by atoms with Gasteiger partial charge in [0.15, 0.2) is 0 Å². The van der Waals surface area contributed by atoms with Gasteiger partial charge in [-0.3, -0.25) is 4.79 Å². The van der Waals surface area contributed by atoms with Crippen molar-refractivity contribution < 1.29 is 9.53 Å². The third kappa shape index (κ3) is 6.10. The number of nitrogens with two attached hydrogens (primary N) is 1. The number of hydrogen-bond donors (Lipinski definition) is 2. The number of rotatable bonds is 8.